The van der Waals surface area contributed by atoms with Crippen molar-refractivity contribution in [1.82, 2.24) is 4.90 Å². The lowest BCUT2D eigenvalue weighted by molar-refractivity contribution is -0.135. The summed E-state index contributed by atoms with van der Waals surface area (Å²) >= 11 is 0. The second-order valence-electron chi connectivity index (χ2n) is 4.96. The van der Waals surface area contributed by atoms with E-state index in [1.807, 2.05) is 0 Å². The third-order valence-corrected chi connectivity index (χ3v) is 3.75. The molecular weight excluding hydrogens is 216 g/mol. The van der Waals surface area contributed by atoms with Crippen LogP contribution >= 0.6 is 0 Å². The molecule has 0 radical (unpaired) electrons. The number of hydrogen-bond acceptors (Lipinski definition) is 3. The van der Waals surface area contributed by atoms with Crippen molar-refractivity contribution in [2.75, 3.05) is 13.2 Å². The lowest BCUT2D eigenvalue weighted by Gasteiger charge is -2.27. The molecule has 1 amide bonds. The smallest absolute Gasteiger partial charge is 0.226 e. The zero-order valence-corrected chi connectivity index (χ0v) is 10.2. The SMILES string of the molecule is N#CCN(C(=O)CC1CCCO1)C1CCCC1. The van der Waals surface area contributed by atoms with Crippen LogP contribution in [0, 0.1) is 11.3 Å². The van der Waals surface area contributed by atoms with Gasteiger partial charge in [0.2, 0.25) is 5.91 Å². The molecule has 0 bridgehead atoms. The van der Waals surface area contributed by atoms with Crippen LogP contribution in [0.25, 0.3) is 0 Å². The Balaban J connectivity index is 1.89. The average molecular weight is 236 g/mol. The Hall–Kier alpha value is -1.08. The van der Waals surface area contributed by atoms with Crippen LogP contribution in [0.3, 0.4) is 0 Å². The molecule has 4 nitrogen and oxygen atoms in total. The Bertz CT molecular complexity index is 299. The van der Waals surface area contributed by atoms with Crippen molar-refractivity contribution in [3.05, 3.63) is 0 Å². The highest BCUT2D eigenvalue weighted by atomic mass is 16.5. The number of carbonyl (C=O) groups excluding carboxylic acids is 1. The summed E-state index contributed by atoms with van der Waals surface area (Å²) in [4.78, 5) is 13.9. The van der Waals surface area contributed by atoms with Crippen molar-refractivity contribution < 1.29 is 9.53 Å². The first-order chi connectivity index (χ1) is 8.31. The topological polar surface area (TPSA) is 53.3 Å². The highest BCUT2D eigenvalue weighted by Gasteiger charge is 2.29. The molecule has 17 heavy (non-hydrogen) atoms. The summed E-state index contributed by atoms with van der Waals surface area (Å²) < 4.78 is 5.48. The number of amides is 1. The third-order valence-electron chi connectivity index (χ3n) is 3.75. The van der Waals surface area contributed by atoms with Crippen LogP contribution in [0.5, 0.6) is 0 Å². The van der Waals surface area contributed by atoms with Crippen LogP contribution in [0.4, 0.5) is 0 Å². The number of nitriles is 1. The first kappa shape index (κ1) is 12.4. The lowest BCUT2D eigenvalue weighted by atomic mass is 10.1. The summed E-state index contributed by atoms with van der Waals surface area (Å²) in [6.45, 7) is 1.01. The summed E-state index contributed by atoms with van der Waals surface area (Å²) in [5.74, 6) is 0.102. The van der Waals surface area contributed by atoms with E-state index >= 15 is 0 Å². The van der Waals surface area contributed by atoms with Gasteiger partial charge in [-0.05, 0) is 25.7 Å². The van der Waals surface area contributed by atoms with Gasteiger partial charge in [-0.2, -0.15) is 5.26 Å². The van der Waals surface area contributed by atoms with Crippen molar-refractivity contribution >= 4 is 5.91 Å². The molecule has 1 saturated heterocycles. The Kier molecular flexibility index (Phi) is 4.38. The quantitative estimate of drug-likeness (QED) is 0.700. The van der Waals surface area contributed by atoms with Crippen LogP contribution in [0.2, 0.25) is 0 Å². The molecule has 0 aromatic heterocycles. The van der Waals surface area contributed by atoms with Crippen molar-refractivity contribution in [3.8, 4) is 6.07 Å². The Morgan fingerprint density at radius 3 is 2.65 bits per heavy atom. The van der Waals surface area contributed by atoms with Gasteiger partial charge in [0.15, 0.2) is 0 Å². The predicted molar refractivity (Wildman–Crippen MR) is 63.2 cm³/mol. The van der Waals surface area contributed by atoms with Crippen LogP contribution in [-0.4, -0.2) is 36.1 Å². The lowest BCUT2D eigenvalue weighted by Crippen LogP contribution is -2.40. The van der Waals surface area contributed by atoms with Gasteiger partial charge in [-0.25, -0.2) is 0 Å². The van der Waals surface area contributed by atoms with E-state index in [0.29, 0.717) is 12.5 Å². The first-order valence-corrected chi connectivity index (χ1v) is 6.59. The molecule has 0 spiro atoms. The van der Waals surface area contributed by atoms with Gasteiger partial charge in [-0.3, -0.25) is 4.79 Å². The molecule has 0 N–H and O–H groups in total. The maximum atomic E-state index is 12.2. The number of hydrogen-bond donors (Lipinski definition) is 0. The van der Waals surface area contributed by atoms with E-state index in [1.54, 1.807) is 4.90 Å². The zero-order chi connectivity index (χ0) is 12.1. The van der Waals surface area contributed by atoms with Gasteiger partial charge in [0.25, 0.3) is 0 Å². The number of nitrogens with zero attached hydrogens (tertiary/aromatic N) is 2. The van der Waals surface area contributed by atoms with E-state index in [1.165, 1.54) is 12.8 Å². The van der Waals surface area contributed by atoms with Crippen molar-refractivity contribution in [2.24, 2.45) is 0 Å². The van der Waals surface area contributed by atoms with E-state index in [-0.39, 0.29) is 18.6 Å². The molecule has 4 heteroatoms. The molecule has 1 heterocycles. The second-order valence-corrected chi connectivity index (χ2v) is 4.96. The molecular formula is C13H20N2O2. The third kappa shape index (κ3) is 3.19. The standard InChI is InChI=1S/C13H20N2O2/c14-7-8-15(11-4-1-2-5-11)13(16)10-12-6-3-9-17-12/h11-12H,1-6,8-10H2. The fraction of sp³-hybridized carbons (Fsp3) is 0.846. The largest absolute Gasteiger partial charge is 0.378 e. The molecule has 2 rings (SSSR count). The molecule has 1 aliphatic carbocycles. The Labute approximate surface area is 103 Å². The predicted octanol–water partition coefficient (Wildman–Crippen LogP) is 1.85. The fourth-order valence-electron chi connectivity index (χ4n) is 2.83. The highest BCUT2D eigenvalue weighted by Crippen LogP contribution is 2.25. The van der Waals surface area contributed by atoms with Crippen molar-refractivity contribution in [3.63, 3.8) is 0 Å². The van der Waals surface area contributed by atoms with Gasteiger partial charge in [0.05, 0.1) is 18.6 Å². The van der Waals surface area contributed by atoms with Gasteiger partial charge >= 0.3 is 0 Å². The first-order valence-electron chi connectivity index (χ1n) is 6.59. The van der Waals surface area contributed by atoms with Crippen molar-refractivity contribution in [2.45, 2.75) is 57.1 Å². The van der Waals surface area contributed by atoms with E-state index in [9.17, 15) is 4.79 Å². The monoisotopic (exact) mass is 236 g/mol. The minimum Gasteiger partial charge on any atom is -0.378 e. The second kappa shape index (κ2) is 6.02. The number of carbonyl (C=O) groups is 1. The summed E-state index contributed by atoms with van der Waals surface area (Å²) in [5.41, 5.74) is 0. The summed E-state index contributed by atoms with van der Waals surface area (Å²) in [6.07, 6.45) is 7.05. The molecule has 2 aliphatic rings. The van der Waals surface area contributed by atoms with Gasteiger partial charge in [0, 0.05) is 12.6 Å². The Morgan fingerprint density at radius 1 is 1.29 bits per heavy atom. The Morgan fingerprint density at radius 2 is 2.06 bits per heavy atom. The maximum absolute atomic E-state index is 12.2. The van der Waals surface area contributed by atoms with Gasteiger partial charge in [-0.1, -0.05) is 12.8 Å². The van der Waals surface area contributed by atoms with Gasteiger partial charge in [-0.15, -0.1) is 0 Å². The van der Waals surface area contributed by atoms with E-state index in [4.69, 9.17) is 10.00 Å². The minimum absolute atomic E-state index is 0.0881. The number of rotatable bonds is 4. The number of ether oxygens (including phenoxy) is 1. The fourth-order valence-corrected chi connectivity index (χ4v) is 2.83. The summed E-state index contributed by atoms with van der Waals surface area (Å²) in [5, 5.41) is 8.83. The molecule has 94 valence electrons. The minimum atomic E-state index is 0.0881. The van der Waals surface area contributed by atoms with Crippen LogP contribution < -0.4 is 0 Å². The van der Waals surface area contributed by atoms with E-state index in [0.717, 1.165) is 32.3 Å². The molecule has 0 aromatic carbocycles. The van der Waals surface area contributed by atoms with Crippen LogP contribution in [0.1, 0.15) is 44.9 Å². The molecule has 1 unspecified atom stereocenters. The zero-order valence-electron chi connectivity index (χ0n) is 10.2. The normalized spacial score (nSPS) is 24.8. The molecule has 1 saturated carbocycles. The van der Waals surface area contributed by atoms with E-state index < -0.39 is 0 Å². The van der Waals surface area contributed by atoms with Crippen molar-refractivity contribution in [1.29, 1.82) is 5.26 Å². The van der Waals surface area contributed by atoms with Gasteiger partial charge in [0.1, 0.15) is 6.54 Å². The molecule has 1 aliphatic heterocycles. The highest BCUT2D eigenvalue weighted by molar-refractivity contribution is 5.77. The van der Waals surface area contributed by atoms with E-state index in [2.05, 4.69) is 6.07 Å². The summed E-state index contributed by atoms with van der Waals surface area (Å²) in [7, 11) is 0. The maximum Gasteiger partial charge on any atom is 0.226 e. The van der Waals surface area contributed by atoms with Crippen LogP contribution in [0.15, 0.2) is 0 Å². The molecule has 1 atom stereocenters. The van der Waals surface area contributed by atoms with Crippen LogP contribution in [-0.2, 0) is 9.53 Å². The van der Waals surface area contributed by atoms with Gasteiger partial charge < -0.3 is 9.64 Å². The molecule has 0 aromatic rings. The summed E-state index contributed by atoms with van der Waals surface area (Å²) in [6, 6.07) is 2.41. The average Bonchev–Trinajstić information content (AvgIpc) is 2.97. The molecule has 2 fully saturated rings.